The zero-order valence-corrected chi connectivity index (χ0v) is 10.1. The summed E-state index contributed by atoms with van der Waals surface area (Å²) in [5.74, 6) is -0.330. The number of rotatable bonds is 7. The van der Waals surface area contributed by atoms with Crippen LogP contribution in [0.5, 0.6) is 0 Å². The molecule has 0 atom stereocenters. The van der Waals surface area contributed by atoms with Gasteiger partial charge in [-0.1, -0.05) is 6.58 Å². The molecule has 92 valence electrons. The Morgan fingerprint density at radius 3 is 2.82 bits per heavy atom. The van der Waals surface area contributed by atoms with Gasteiger partial charge in [0.25, 0.3) is 0 Å². The van der Waals surface area contributed by atoms with Crippen molar-refractivity contribution < 1.29 is 9.53 Å². The van der Waals surface area contributed by atoms with E-state index in [-0.39, 0.29) is 5.97 Å². The molecule has 0 fully saturated rings. The van der Waals surface area contributed by atoms with Crippen molar-refractivity contribution in [2.24, 2.45) is 0 Å². The summed E-state index contributed by atoms with van der Waals surface area (Å²) in [7, 11) is 0. The van der Waals surface area contributed by atoms with E-state index in [4.69, 9.17) is 4.74 Å². The van der Waals surface area contributed by atoms with Crippen molar-refractivity contribution in [1.29, 1.82) is 0 Å². The van der Waals surface area contributed by atoms with Gasteiger partial charge in [-0.25, -0.2) is 4.79 Å². The average Bonchev–Trinajstić information content (AvgIpc) is 2.36. The summed E-state index contributed by atoms with van der Waals surface area (Å²) in [5, 5.41) is 3.15. The number of pyridine rings is 1. The summed E-state index contributed by atoms with van der Waals surface area (Å²) < 4.78 is 4.83. The lowest BCUT2D eigenvalue weighted by Crippen LogP contribution is -2.23. The van der Waals surface area contributed by atoms with Gasteiger partial charge in [-0.2, -0.15) is 0 Å². The third-order valence-corrected chi connectivity index (χ3v) is 2.24. The van der Waals surface area contributed by atoms with Crippen molar-refractivity contribution in [3.63, 3.8) is 0 Å². The van der Waals surface area contributed by atoms with Crippen molar-refractivity contribution in [1.82, 2.24) is 10.3 Å². The molecule has 0 aliphatic heterocycles. The average molecular weight is 234 g/mol. The molecule has 1 aromatic rings. The molecule has 0 aromatic carbocycles. The van der Waals surface area contributed by atoms with Crippen LogP contribution in [-0.2, 0) is 16.0 Å². The summed E-state index contributed by atoms with van der Waals surface area (Å²) in [4.78, 5) is 15.2. The van der Waals surface area contributed by atoms with Crippen LogP contribution in [0, 0.1) is 0 Å². The number of hydrogen-bond acceptors (Lipinski definition) is 4. The summed E-state index contributed by atoms with van der Waals surface area (Å²) in [5.41, 5.74) is 1.68. The van der Waals surface area contributed by atoms with E-state index in [1.807, 2.05) is 12.1 Å². The molecule has 4 nitrogen and oxygen atoms in total. The first-order valence-corrected chi connectivity index (χ1v) is 5.68. The molecule has 17 heavy (non-hydrogen) atoms. The van der Waals surface area contributed by atoms with Crippen LogP contribution in [-0.4, -0.2) is 30.6 Å². The molecule has 0 saturated carbocycles. The third-order valence-electron chi connectivity index (χ3n) is 2.24. The van der Waals surface area contributed by atoms with Gasteiger partial charge >= 0.3 is 5.97 Å². The zero-order valence-electron chi connectivity index (χ0n) is 10.1. The lowest BCUT2D eigenvalue weighted by molar-refractivity contribution is -0.138. The highest BCUT2D eigenvalue weighted by molar-refractivity contribution is 5.88. The van der Waals surface area contributed by atoms with Crippen molar-refractivity contribution >= 4 is 5.97 Å². The first kappa shape index (κ1) is 13.4. The highest BCUT2D eigenvalue weighted by Crippen LogP contribution is 1.97. The van der Waals surface area contributed by atoms with Crippen LogP contribution in [0.25, 0.3) is 0 Å². The van der Waals surface area contributed by atoms with Gasteiger partial charge in [0.1, 0.15) is 0 Å². The number of nitrogens with one attached hydrogen (secondary N) is 1. The Kier molecular flexibility index (Phi) is 5.96. The molecule has 4 heteroatoms. The molecule has 0 aliphatic rings. The molecule has 0 saturated heterocycles. The van der Waals surface area contributed by atoms with Crippen molar-refractivity contribution in [2.45, 2.75) is 13.3 Å². The molecule has 1 heterocycles. The second kappa shape index (κ2) is 7.57. The fourth-order valence-electron chi connectivity index (χ4n) is 1.33. The van der Waals surface area contributed by atoms with Crippen LogP contribution < -0.4 is 5.32 Å². The van der Waals surface area contributed by atoms with Crippen LogP contribution >= 0.6 is 0 Å². The smallest absolute Gasteiger partial charge is 0.334 e. The van der Waals surface area contributed by atoms with Gasteiger partial charge < -0.3 is 10.1 Å². The topological polar surface area (TPSA) is 51.2 Å². The maximum absolute atomic E-state index is 11.2. The number of ether oxygens (including phenoxy) is 1. The fraction of sp³-hybridized carbons (Fsp3) is 0.385. The molecule has 0 spiro atoms. The zero-order chi connectivity index (χ0) is 12.5. The van der Waals surface area contributed by atoms with Gasteiger partial charge in [-0.15, -0.1) is 0 Å². The minimum absolute atomic E-state index is 0.330. The normalized spacial score (nSPS) is 9.94. The monoisotopic (exact) mass is 234 g/mol. The fourth-order valence-corrected chi connectivity index (χ4v) is 1.33. The number of hydrogen-bond donors (Lipinski definition) is 1. The number of carbonyl (C=O) groups excluding carboxylic acids is 1. The molecule has 1 rings (SSSR count). The van der Waals surface area contributed by atoms with Crippen LogP contribution in [0.3, 0.4) is 0 Å². The lowest BCUT2D eigenvalue weighted by atomic mass is 10.2. The minimum Gasteiger partial charge on any atom is -0.463 e. The minimum atomic E-state index is -0.330. The molecular formula is C13H18N2O2. The lowest BCUT2D eigenvalue weighted by Gasteiger charge is -2.07. The Bertz CT molecular complexity index is 363. The number of esters is 1. The third kappa shape index (κ3) is 5.26. The van der Waals surface area contributed by atoms with Gasteiger partial charge in [0.05, 0.1) is 6.61 Å². The molecule has 1 N–H and O–H groups in total. The van der Waals surface area contributed by atoms with Crippen LogP contribution in [0.4, 0.5) is 0 Å². The molecule has 1 aromatic heterocycles. The molecule has 0 radical (unpaired) electrons. The molecule has 0 amide bonds. The predicted molar refractivity (Wildman–Crippen MR) is 66.6 cm³/mol. The van der Waals surface area contributed by atoms with Crippen molar-refractivity contribution in [2.75, 3.05) is 19.7 Å². The molecule has 0 unspecified atom stereocenters. The number of carbonyl (C=O) groups is 1. The van der Waals surface area contributed by atoms with Crippen LogP contribution in [0.2, 0.25) is 0 Å². The number of aromatic nitrogens is 1. The predicted octanol–water partition coefficient (Wildman–Crippen LogP) is 1.33. The Morgan fingerprint density at radius 2 is 2.18 bits per heavy atom. The highest BCUT2D eigenvalue weighted by atomic mass is 16.5. The first-order chi connectivity index (χ1) is 8.24. The Hall–Kier alpha value is -1.68. The Balaban J connectivity index is 2.16. The Morgan fingerprint density at radius 1 is 1.47 bits per heavy atom. The van der Waals surface area contributed by atoms with Gasteiger partial charge in [-0.05, 0) is 37.6 Å². The van der Waals surface area contributed by atoms with Crippen LogP contribution in [0.1, 0.15) is 12.5 Å². The van der Waals surface area contributed by atoms with E-state index in [9.17, 15) is 4.79 Å². The largest absolute Gasteiger partial charge is 0.463 e. The summed E-state index contributed by atoms with van der Waals surface area (Å²) in [6, 6.07) is 3.95. The van der Waals surface area contributed by atoms with Crippen molar-refractivity contribution in [3.05, 3.63) is 42.2 Å². The quantitative estimate of drug-likeness (QED) is 0.439. The van der Waals surface area contributed by atoms with Gasteiger partial charge in [-0.3, -0.25) is 4.98 Å². The second-order valence-corrected chi connectivity index (χ2v) is 3.61. The van der Waals surface area contributed by atoms with Crippen molar-refractivity contribution in [3.8, 4) is 0 Å². The van der Waals surface area contributed by atoms with E-state index < -0.39 is 0 Å². The maximum Gasteiger partial charge on any atom is 0.334 e. The van der Waals surface area contributed by atoms with Gasteiger partial charge in [0.2, 0.25) is 0 Å². The maximum atomic E-state index is 11.2. The van der Waals surface area contributed by atoms with E-state index in [0.717, 1.165) is 13.0 Å². The van der Waals surface area contributed by atoms with E-state index in [0.29, 0.717) is 18.7 Å². The molecular weight excluding hydrogens is 216 g/mol. The van der Waals surface area contributed by atoms with Crippen LogP contribution in [0.15, 0.2) is 36.7 Å². The van der Waals surface area contributed by atoms with Gasteiger partial charge in [0, 0.05) is 24.5 Å². The second-order valence-electron chi connectivity index (χ2n) is 3.61. The standard InChI is InChI=1S/C13H18N2O2/c1-3-17-13(16)11(2)10-15-9-6-12-4-7-14-8-5-12/h4-5,7-8,15H,2-3,6,9-10H2,1H3. The summed E-state index contributed by atoms with van der Waals surface area (Å²) in [6.45, 7) is 7.09. The molecule has 0 bridgehead atoms. The summed E-state index contributed by atoms with van der Waals surface area (Å²) in [6.07, 6.45) is 4.44. The van der Waals surface area contributed by atoms with E-state index in [2.05, 4.69) is 16.9 Å². The summed E-state index contributed by atoms with van der Waals surface area (Å²) >= 11 is 0. The highest BCUT2D eigenvalue weighted by Gasteiger charge is 2.06. The van der Waals surface area contributed by atoms with Gasteiger partial charge in [0.15, 0.2) is 0 Å². The van der Waals surface area contributed by atoms with E-state index in [1.165, 1.54) is 5.56 Å². The van der Waals surface area contributed by atoms with E-state index >= 15 is 0 Å². The SMILES string of the molecule is C=C(CNCCc1ccncc1)C(=O)OCC. The van der Waals surface area contributed by atoms with E-state index in [1.54, 1.807) is 19.3 Å². The molecule has 0 aliphatic carbocycles. The Labute approximate surface area is 102 Å². The first-order valence-electron chi connectivity index (χ1n) is 5.68. The number of nitrogens with zero attached hydrogens (tertiary/aromatic N) is 1.